The van der Waals surface area contributed by atoms with E-state index in [0.717, 1.165) is 12.2 Å². The summed E-state index contributed by atoms with van der Waals surface area (Å²) in [4.78, 5) is 0. The lowest BCUT2D eigenvalue weighted by Crippen LogP contribution is -1.94. The number of hydrogen-bond donors (Lipinski definition) is 1. The normalized spacial score (nSPS) is 19.6. The Morgan fingerprint density at radius 2 is 2.07 bits per heavy atom. The molecule has 1 atom stereocenters. The summed E-state index contributed by atoms with van der Waals surface area (Å²) in [6, 6.07) is 11.0. The highest BCUT2D eigenvalue weighted by Crippen LogP contribution is 2.22. The summed E-state index contributed by atoms with van der Waals surface area (Å²) in [7, 11) is 0. The van der Waals surface area contributed by atoms with Crippen LogP contribution in [0.25, 0.3) is 5.69 Å². The second-order valence-corrected chi connectivity index (χ2v) is 3.50. The van der Waals surface area contributed by atoms with Gasteiger partial charge in [-0.1, -0.05) is 12.1 Å². The third-order valence-electron chi connectivity index (χ3n) is 2.47. The number of benzene rings is 1. The maximum absolute atomic E-state index is 4.18. The first-order chi connectivity index (χ1) is 6.93. The van der Waals surface area contributed by atoms with Crippen LogP contribution in [-0.4, -0.2) is 16.3 Å². The summed E-state index contributed by atoms with van der Waals surface area (Å²) in [6.45, 7) is 1.11. The van der Waals surface area contributed by atoms with Gasteiger partial charge < -0.3 is 5.32 Å². The van der Waals surface area contributed by atoms with E-state index in [1.165, 1.54) is 5.56 Å². The fourth-order valence-corrected chi connectivity index (χ4v) is 1.58. The van der Waals surface area contributed by atoms with Gasteiger partial charge in [0.2, 0.25) is 0 Å². The molecular formula is C11H11N3. The van der Waals surface area contributed by atoms with Crippen molar-refractivity contribution in [2.75, 3.05) is 6.54 Å². The van der Waals surface area contributed by atoms with E-state index in [1.807, 2.05) is 16.9 Å². The van der Waals surface area contributed by atoms with Gasteiger partial charge in [-0.15, -0.1) is 0 Å². The molecule has 1 saturated heterocycles. The zero-order valence-electron chi connectivity index (χ0n) is 7.72. The van der Waals surface area contributed by atoms with Crippen LogP contribution in [-0.2, 0) is 0 Å². The Labute approximate surface area is 82.4 Å². The van der Waals surface area contributed by atoms with Gasteiger partial charge in [-0.25, -0.2) is 4.68 Å². The van der Waals surface area contributed by atoms with Crippen molar-refractivity contribution in [3.8, 4) is 5.69 Å². The predicted octanol–water partition coefficient (Wildman–Crippen LogP) is 1.52. The molecule has 3 nitrogen and oxygen atoms in total. The quantitative estimate of drug-likeness (QED) is 0.720. The molecule has 0 amide bonds. The zero-order valence-corrected chi connectivity index (χ0v) is 7.72. The average Bonchev–Trinajstić information content (AvgIpc) is 2.94. The Kier molecular flexibility index (Phi) is 1.64. The van der Waals surface area contributed by atoms with Crippen molar-refractivity contribution in [1.29, 1.82) is 0 Å². The molecule has 0 saturated carbocycles. The minimum Gasteiger partial charge on any atom is -0.307 e. The molecule has 3 rings (SSSR count). The smallest absolute Gasteiger partial charge is 0.0645 e. The van der Waals surface area contributed by atoms with Crippen molar-refractivity contribution in [2.24, 2.45) is 0 Å². The minimum absolute atomic E-state index is 0.585. The third-order valence-corrected chi connectivity index (χ3v) is 2.47. The van der Waals surface area contributed by atoms with E-state index in [9.17, 15) is 0 Å². The Morgan fingerprint density at radius 1 is 1.29 bits per heavy atom. The van der Waals surface area contributed by atoms with E-state index >= 15 is 0 Å². The van der Waals surface area contributed by atoms with Crippen molar-refractivity contribution in [3.63, 3.8) is 0 Å². The van der Waals surface area contributed by atoms with E-state index < -0.39 is 0 Å². The molecule has 0 radical (unpaired) electrons. The van der Waals surface area contributed by atoms with Gasteiger partial charge in [0.25, 0.3) is 0 Å². The summed E-state index contributed by atoms with van der Waals surface area (Å²) in [6.07, 6.45) is 3.74. The summed E-state index contributed by atoms with van der Waals surface area (Å²) < 4.78 is 1.87. The lowest BCUT2D eigenvalue weighted by molar-refractivity contribution is 0.878. The van der Waals surface area contributed by atoms with Crippen LogP contribution in [0.15, 0.2) is 42.7 Å². The standard InChI is InChI=1S/C11H11N3/c1-6-13-14(7-1)10-4-2-9(3-5-10)11-8-12-11/h1-7,11-12H,8H2/t11-/m1/s1. The molecule has 14 heavy (non-hydrogen) atoms. The average molecular weight is 185 g/mol. The third kappa shape index (κ3) is 1.32. The summed E-state index contributed by atoms with van der Waals surface area (Å²) in [5.41, 5.74) is 2.47. The first-order valence-electron chi connectivity index (χ1n) is 4.77. The molecule has 1 fully saturated rings. The largest absolute Gasteiger partial charge is 0.307 e. The SMILES string of the molecule is c1cnn(-c2ccc([C@H]3CN3)cc2)c1. The molecule has 70 valence electrons. The number of rotatable bonds is 2. The number of nitrogens with one attached hydrogen (secondary N) is 1. The lowest BCUT2D eigenvalue weighted by atomic mass is 10.1. The van der Waals surface area contributed by atoms with E-state index in [0.29, 0.717) is 6.04 Å². The van der Waals surface area contributed by atoms with Gasteiger partial charge in [-0.3, -0.25) is 0 Å². The van der Waals surface area contributed by atoms with Gasteiger partial charge in [0.05, 0.1) is 5.69 Å². The molecule has 2 aromatic rings. The molecule has 3 heteroatoms. The molecule has 1 aliphatic heterocycles. The first kappa shape index (κ1) is 7.76. The molecular weight excluding hydrogens is 174 g/mol. The Hall–Kier alpha value is -1.61. The van der Waals surface area contributed by atoms with Crippen LogP contribution in [0.4, 0.5) is 0 Å². The van der Waals surface area contributed by atoms with E-state index in [-0.39, 0.29) is 0 Å². The fraction of sp³-hybridized carbons (Fsp3) is 0.182. The maximum atomic E-state index is 4.18. The van der Waals surface area contributed by atoms with Crippen LogP contribution in [0.2, 0.25) is 0 Å². The van der Waals surface area contributed by atoms with Crippen molar-refractivity contribution >= 4 is 0 Å². The molecule has 1 aliphatic rings. The molecule has 1 aromatic heterocycles. The van der Waals surface area contributed by atoms with Crippen LogP contribution in [0.5, 0.6) is 0 Å². The maximum Gasteiger partial charge on any atom is 0.0645 e. The summed E-state index contributed by atoms with van der Waals surface area (Å²) in [5.74, 6) is 0. The molecule has 0 spiro atoms. The van der Waals surface area contributed by atoms with E-state index in [1.54, 1.807) is 6.20 Å². The van der Waals surface area contributed by atoms with Gasteiger partial charge in [0.15, 0.2) is 0 Å². The number of aromatic nitrogens is 2. The van der Waals surface area contributed by atoms with Crippen molar-refractivity contribution in [3.05, 3.63) is 48.3 Å². The number of nitrogens with zero attached hydrogens (tertiary/aromatic N) is 2. The van der Waals surface area contributed by atoms with Crippen molar-refractivity contribution in [1.82, 2.24) is 15.1 Å². The van der Waals surface area contributed by atoms with Crippen LogP contribution < -0.4 is 5.32 Å². The van der Waals surface area contributed by atoms with E-state index in [2.05, 4.69) is 34.7 Å². The monoisotopic (exact) mass is 185 g/mol. The Morgan fingerprint density at radius 3 is 2.64 bits per heavy atom. The van der Waals surface area contributed by atoms with Crippen molar-refractivity contribution in [2.45, 2.75) is 6.04 Å². The molecule has 2 heterocycles. The van der Waals surface area contributed by atoms with Crippen LogP contribution in [0, 0.1) is 0 Å². The highest BCUT2D eigenvalue weighted by Gasteiger charge is 2.21. The Bertz CT molecular complexity index is 412. The second kappa shape index (κ2) is 2.96. The van der Waals surface area contributed by atoms with Gasteiger partial charge in [0.1, 0.15) is 0 Å². The molecule has 0 aliphatic carbocycles. The van der Waals surface area contributed by atoms with E-state index in [4.69, 9.17) is 0 Å². The predicted molar refractivity (Wildman–Crippen MR) is 54.3 cm³/mol. The minimum atomic E-state index is 0.585. The summed E-state index contributed by atoms with van der Waals surface area (Å²) >= 11 is 0. The summed E-state index contributed by atoms with van der Waals surface area (Å²) in [5, 5.41) is 7.46. The van der Waals surface area contributed by atoms with Crippen LogP contribution in [0.1, 0.15) is 11.6 Å². The fourth-order valence-electron chi connectivity index (χ4n) is 1.58. The van der Waals surface area contributed by atoms with Crippen LogP contribution in [0.3, 0.4) is 0 Å². The van der Waals surface area contributed by atoms with Crippen molar-refractivity contribution < 1.29 is 0 Å². The highest BCUT2D eigenvalue weighted by atomic mass is 15.3. The Balaban J connectivity index is 1.93. The zero-order chi connectivity index (χ0) is 9.38. The highest BCUT2D eigenvalue weighted by molar-refractivity contribution is 5.36. The molecule has 1 N–H and O–H groups in total. The number of hydrogen-bond acceptors (Lipinski definition) is 2. The first-order valence-corrected chi connectivity index (χ1v) is 4.77. The molecule has 1 aromatic carbocycles. The molecule has 0 bridgehead atoms. The van der Waals surface area contributed by atoms with Gasteiger partial charge in [-0.05, 0) is 23.8 Å². The van der Waals surface area contributed by atoms with Crippen LogP contribution >= 0.6 is 0 Å². The van der Waals surface area contributed by atoms with Gasteiger partial charge >= 0.3 is 0 Å². The van der Waals surface area contributed by atoms with Gasteiger partial charge in [-0.2, -0.15) is 5.10 Å². The second-order valence-electron chi connectivity index (χ2n) is 3.50. The lowest BCUT2D eigenvalue weighted by Gasteiger charge is -2.02. The molecule has 0 unspecified atom stereocenters. The topological polar surface area (TPSA) is 39.8 Å². The van der Waals surface area contributed by atoms with Gasteiger partial charge in [0, 0.05) is 25.0 Å².